The van der Waals surface area contributed by atoms with Gasteiger partial charge in [0, 0.05) is 24.7 Å². The fourth-order valence-corrected chi connectivity index (χ4v) is 4.16. The van der Waals surface area contributed by atoms with E-state index in [0.717, 1.165) is 6.42 Å². The summed E-state index contributed by atoms with van der Waals surface area (Å²) in [5, 5.41) is 3.16. The zero-order chi connectivity index (χ0) is 21.2. The van der Waals surface area contributed by atoms with Crippen LogP contribution < -0.4 is 5.32 Å². The minimum Gasteiger partial charge on any atom is -0.343 e. The zero-order valence-electron chi connectivity index (χ0n) is 15.6. The molecule has 0 saturated carbocycles. The molecule has 3 rings (SSSR count). The number of piperidine rings is 1. The van der Waals surface area contributed by atoms with Crippen LogP contribution >= 0.6 is 23.2 Å². The molecule has 1 aromatic carbocycles. The normalized spacial score (nSPS) is 21.4. The lowest BCUT2D eigenvalue weighted by Crippen LogP contribution is -2.46. The fourth-order valence-electron chi connectivity index (χ4n) is 3.87. The van der Waals surface area contributed by atoms with E-state index < -0.39 is 18.0 Å². The maximum Gasteiger partial charge on any atom is 0.391 e. The monoisotopic (exact) mass is 451 g/mol. The lowest BCUT2D eigenvalue weighted by atomic mass is 9.95. The zero-order valence-corrected chi connectivity index (χ0v) is 17.2. The van der Waals surface area contributed by atoms with Crippen molar-refractivity contribution in [3.8, 4) is 0 Å². The Morgan fingerprint density at radius 2 is 1.76 bits per heavy atom. The number of carbonyl (C=O) groups is 2. The van der Waals surface area contributed by atoms with Crippen LogP contribution in [0.5, 0.6) is 0 Å². The summed E-state index contributed by atoms with van der Waals surface area (Å²) in [5.41, 5.74) is 0.305. The number of hydrogen-bond acceptors (Lipinski definition) is 3. The van der Waals surface area contributed by atoms with Gasteiger partial charge in [-0.25, -0.2) is 0 Å². The summed E-state index contributed by atoms with van der Waals surface area (Å²) in [6, 6.07) is 4.53. The van der Waals surface area contributed by atoms with E-state index >= 15 is 0 Å². The molecule has 0 aliphatic carbocycles. The standard InChI is InChI=1S/C19H22Cl2F3N3O2/c20-15-2-1-12(9-16(15)21)18(29)25-10-17(28)27-8-5-14(11-27)26-6-3-13(4-7-26)19(22,23)24/h1-2,9,13-14H,3-8,10-11H2,(H,25,29). The second kappa shape index (κ2) is 9.10. The highest BCUT2D eigenvalue weighted by Crippen LogP contribution is 2.35. The highest BCUT2D eigenvalue weighted by atomic mass is 35.5. The molecule has 0 spiro atoms. The first-order valence-electron chi connectivity index (χ1n) is 9.47. The predicted octanol–water partition coefficient (Wildman–Crippen LogP) is 3.60. The number of halogens is 5. The summed E-state index contributed by atoms with van der Waals surface area (Å²) in [6.45, 7) is 1.64. The number of hydrogen-bond donors (Lipinski definition) is 1. The van der Waals surface area contributed by atoms with Crippen molar-refractivity contribution in [3.05, 3.63) is 33.8 Å². The molecule has 1 aromatic rings. The van der Waals surface area contributed by atoms with Gasteiger partial charge in [0.2, 0.25) is 5.91 Å². The summed E-state index contributed by atoms with van der Waals surface area (Å²) < 4.78 is 38.4. The molecule has 1 unspecified atom stereocenters. The van der Waals surface area contributed by atoms with Gasteiger partial charge in [0.15, 0.2) is 0 Å². The van der Waals surface area contributed by atoms with Crippen molar-refractivity contribution >= 4 is 35.0 Å². The van der Waals surface area contributed by atoms with Crippen LogP contribution in [-0.4, -0.2) is 66.6 Å². The van der Waals surface area contributed by atoms with Crippen molar-refractivity contribution in [1.29, 1.82) is 0 Å². The molecule has 1 N–H and O–H groups in total. The summed E-state index contributed by atoms with van der Waals surface area (Å²) in [4.78, 5) is 28.3. The molecule has 10 heteroatoms. The average Bonchev–Trinajstić information content (AvgIpc) is 3.17. The SMILES string of the molecule is O=C(NCC(=O)N1CCC(N2CCC(C(F)(F)F)CC2)C1)c1ccc(Cl)c(Cl)c1. The third kappa shape index (κ3) is 5.55. The second-order valence-corrected chi connectivity index (χ2v) is 8.26. The molecule has 2 heterocycles. The Balaban J connectivity index is 1.45. The van der Waals surface area contributed by atoms with E-state index in [9.17, 15) is 22.8 Å². The van der Waals surface area contributed by atoms with Crippen LogP contribution in [0.4, 0.5) is 13.2 Å². The lowest BCUT2D eigenvalue weighted by Gasteiger charge is -2.36. The molecule has 0 aromatic heterocycles. The molecular formula is C19H22Cl2F3N3O2. The average molecular weight is 452 g/mol. The van der Waals surface area contributed by atoms with Crippen LogP contribution in [0.15, 0.2) is 18.2 Å². The Hall–Kier alpha value is -1.51. The molecule has 0 radical (unpaired) electrons. The Morgan fingerprint density at radius 1 is 1.07 bits per heavy atom. The van der Waals surface area contributed by atoms with Crippen LogP contribution in [-0.2, 0) is 4.79 Å². The third-order valence-corrected chi connectivity index (χ3v) is 6.35. The van der Waals surface area contributed by atoms with Gasteiger partial charge in [0.05, 0.1) is 22.5 Å². The molecule has 2 aliphatic heterocycles. The first-order chi connectivity index (χ1) is 13.6. The van der Waals surface area contributed by atoms with Crippen molar-refractivity contribution in [2.45, 2.75) is 31.5 Å². The highest BCUT2D eigenvalue weighted by molar-refractivity contribution is 6.42. The molecule has 2 fully saturated rings. The first-order valence-corrected chi connectivity index (χ1v) is 10.2. The van der Waals surface area contributed by atoms with Crippen molar-refractivity contribution in [2.75, 3.05) is 32.7 Å². The second-order valence-electron chi connectivity index (χ2n) is 7.45. The van der Waals surface area contributed by atoms with Crippen LogP contribution in [0.3, 0.4) is 0 Å². The Labute approximate surface area is 177 Å². The number of alkyl halides is 3. The number of nitrogens with one attached hydrogen (secondary N) is 1. The van der Waals surface area contributed by atoms with E-state index in [1.165, 1.54) is 18.2 Å². The van der Waals surface area contributed by atoms with E-state index in [1.807, 2.05) is 4.90 Å². The van der Waals surface area contributed by atoms with Gasteiger partial charge in [-0.05, 0) is 50.6 Å². The van der Waals surface area contributed by atoms with E-state index in [-0.39, 0.29) is 36.4 Å². The van der Waals surface area contributed by atoms with Crippen molar-refractivity contribution in [1.82, 2.24) is 15.1 Å². The largest absolute Gasteiger partial charge is 0.391 e. The fraction of sp³-hybridized carbons (Fsp3) is 0.579. The van der Waals surface area contributed by atoms with Gasteiger partial charge in [-0.3, -0.25) is 14.5 Å². The number of carbonyl (C=O) groups excluding carboxylic acids is 2. The Kier molecular flexibility index (Phi) is 6.96. The quantitative estimate of drug-likeness (QED) is 0.760. The summed E-state index contributed by atoms with van der Waals surface area (Å²) >= 11 is 11.7. The number of rotatable bonds is 4. The molecule has 2 amide bonds. The Morgan fingerprint density at radius 3 is 2.38 bits per heavy atom. The highest BCUT2D eigenvalue weighted by Gasteiger charge is 2.42. The minimum absolute atomic E-state index is 0.0684. The van der Waals surface area contributed by atoms with Gasteiger partial charge in [-0.15, -0.1) is 0 Å². The third-order valence-electron chi connectivity index (χ3n) is 5.61. The molecule has 160 valence electrons. The number of likely N-dealkylation sites (tertiary alicyclic amines) is 2. The summed E-state index contributed by atoms with van der Waals surface area (Å²) in [6.07, 6.45) is -3.19. The minimum atomic E-state index is -4.13. The van der Waals surface area contributed by atoms with Crippen LogP contribution in [0, 0.1) is 5.92 Å². The van der Waals surface area contributed by atoms with E-state index in [4.69, 9.17) is 23.2 Å². The molecule has 0 bridgehead atoms. The summed E-state index contributed by atoms with van der Waals surface area (Å²) in [7, 11) is 0. The smallest absolute Gasteiger partial charge is 0.343 e. The van der Waals surface area contributed by atoms with Crippen LogP contribution in [0.1, 0.15) is 29.6 Å². The van der Waals surface area contributed by atoms with Crippen molar-refractivity contribution in [2.24, 2.45) is 5.92 Å². The topological polar surface area (TPSA) is 52.7 Å². The van der Waals surface area contributed by atoms with Crippen molar-refractivity contribution in [3.63, 3.8) is 0 Å². The number of amides is 2. The van der Waals surface area contributed by atoms with Crippen LogP contribution in [0.25, 0.3) is 0 Å². The molecule has 2 saturated heterocycles. The molecule has 29 heavy (non-hydrogen) atoms. The van der Waals surface area contributed by atoms with E-state index in [0.29, 0.717) is 36.8 Å². The van der Waals surface area contributed by atoms with Gasteiger partial charge in [0.1, 0.15) is 0 Å². The predicted molar refractivity (Wildman–Crippen MR) is 104 cm³/mol. The van der Waals surface area contributed by atoms with Gasteiger partial charge in [-0.2, -0.15) is 13.2 Å². The Bertz CT molecular complexity index is 768. The number of nitrogens with zero attached hydrogens (tertiary/aromatic N) is 2. The molecular weight excluding hydrogens is 430 g/mol. The van der Waals surface area contributed by atoms with Gasteiger partial charge >= 0.3 is 6.18 Å². The maximum absolute atomic E-state index is 12.8. The first kappa shape index (κ1) is 22.2. The van der Waals surface area contributed by atoms with Gasteiger partial charge in [0.25, 0.3) is 5.91 Å². The molecule has 2 aliphatic rings. The van der Waals surface area contributed by atoms with E-state index in [1.54, 1.807) is 4.90 Å². The maximum atomic E-state index is 12.8. The molecule has 5 nitrogen and oxygen atoms in total. The summed E-state index contributed by atoms with van der Waals surface area (Å²) in [5.74, 6) is -1.87. The van der Waals surface area contributed by atoms with Crippen molar-refractivity contribution < 1.29 is 22.8 Å². The van der Waals surface area contributed by atoms with Crippen LogP contribution in [0.2, 0.25) is 10.0 Å². The van der Waals surface area contributed by atoms with Gasteiger partial charge in [-0.1, -0.05) is 23.2 Å². The number of benzene rings is 1. The van der Waals surface area contributed by atoms with E-state index in [2.05, 4.69) is 5.32 Å². The molecule has 1 atom stereocenters. The van der Waals surface area contributed by atoms with Gasteiger partial charge < -0.3 is 10.2 Å². The lowest BCUT2D eigenvalue weighted by molar-refractivity contribution is -0.186.